The molecule has 2 nitrogen and oxygen atoms in total. The second kappa shape index (κ2) is 5.73. The van der Waals surface area contributed by atoms with Crippen molar-refractivity contribution in [2.75, 3.05) is 0 Å². The van der Waals surface area contributed by atoms with Crippen molar-refractivity contribution >= 4 is 21.8 Å². The summed E-state index contributed by atoms with van der Waals surface area (Å²) in [5.41, 5.74) is 0.736. The van der Waals surface area contributed by atoms with E-state index in [0.29, 0.717) is 0 Å². The maximum Gasteiger partial charge on any atom is 0.400 e. The van der Waals surface area contributed by atoms with E-state index in [9.17, 15) is 18.0 Å². The van der Waals surface area contributed by atoms with Gasteiger partial charge in [-0.2, -0.15) is 13.2 Å². The summed E-state index contributed by atoms with van der Waals surface area (Å²) in [6.45, 7) is 2.49. The Labute approximate surface area is 112 Å². The van der Waals surface area contributed by atoms with Gasteiger partial charge in [0.15, 0.2) is 0 Å². The number of halogens is 4. The Kier molecular flexibility index (Phi) is 4.78. The van der Waals surface area contributed by atoms with E-state index in [1.165, 1.54) is 0 Å². The summed E-state index contributed by atoms with van der Waals surface area (Å²) in [6, 6.07) is 6.58. The van der Waals surface area contributed by atoms with Gasteiger partial charge in [-0.05, 0) is 25.5 Å². The average Bonchev–Trinajstić information content (AvgIpc) is 2.27. The second-order valence-electron chi connectivity index (χ2n) is 4.02. The van der Waals surface area contributed by atoms with E-state index >= 15 is 0 Å². The molecule has 1 N–H and O–H groups in total. The first kappa shape index (κ1) is 15.0. The Morgan fingerprint density at radius 2 is 1.83 bits per heavy atom. The van der Waals surface area contributed by atoms with Crippen molar-refractivity contribution in [2.45, 2.75) is 26.1 Å². The van der Waals surface area contributed by atoms with Gasteiger partial charge in [0.2, 0.25) is 5.91 Å². The average molecular weight is 324 g/mol. The van der Waals surface area contributed by atoms with Gasteiger partial charge in [-0.15, -0.1) is 0 Å². The topological polar surface area (TPSA) is 29.1 Å². The van der Waals surface area contributed by atoms with Crippen LogP contribution >= 0.6 is 15.9 Å². The molecule has 2 unspecified atom stereocenters. The van der Waals surface area contributed by atoms with Crippen molar-refractivity contribution in [2.24, 2.45) is 5.92 Å². The molecule has 1 aromatic rings. The van der Waals surface area contributed by atoms with Crippen molar-refractivity contribution in [3.05, 3.63) is 34.3 Å². The van der Waals surface area contributed by atoms with E-state index in [4.69, 9.17) is 0 Å². The fourth-order valence-corrected chi connectivity index (χ4v) is 2.02. The molecule has 0 saturated heterocycles. The van der Waals surface area contributed by atoms with Crippen LogP contribution < -0.4 is 5.32 Å². The van der Waals surface area contributed by atoms with Crippen LogP contribution in [0.5, 0.6) is 0 Å². The van der Waals surface area contributed by atoms with E-state index in [1.807, 2.05) is 0 Å². The Balaban J connectivity index is 2.75. The summed E-state index contributed by atoms with van der Waals surface area (Å²) >= 11 is 3.29. The third-order valence-electron chi connectivity index (χ3n) is 2.61. The number of benzene rings is 1. The Bertz CT molecular complexity index is 434. The van der Waals surface area contributed by atoms with Gasteiger partial charge in [0, 0.05) is 4.47 Å². The van der Waals surface area contributed by atoms with Gasteiger partial charge in [-0.3, -0.25) is 4.79 Å². The third kappa shape index (κ3) is 3.73. The lowest BCUT2D eigenvalue weighted by molar-refractivity contribution is -0.179. The quantitative estimate of drug-likeness (QED) is 0.900. The van der Waals surface area contributed by atoms with Crippen molar-refractivity contribution in [3.63, 3.8) is 0 Å². The highest BCUT2D eigenvalue weighted by Gasteiger charge is 2.41. The first-order valence-corrected chi connectivity index (χ1v) is 6.14. The summed E-state index contributed by atoms with van der Waals surface area (Å²) in [6.07, 6.45) is -4.52. The van der Waals surface area contributed by atoms with Crippen molar-refractivity contribution in [1.82, 2.24) is 5.32 Å². The van der Waals surface area contributed by atoms with E-state index in [-0.39, 0.29) is 0 Å². The highest BCUT2D eigenvalue weighted by molar-refractivity contribution is 9.10. The largest absolute Gasteiger partial charge is 0.400 e. The molecule has 0 radical (unpaired) electrons. The van der Waals surface area contributed by atoms with Crippen LogP contribution in [0, 0.1) is 5.92 Å². The molecule has 0 aromatic heterocycles. The van der Waals surface area contributed by atoms with Gasteiger partial charge in [-0.25, -0.2) is 0 Å². The Morgan fingerprint density at radius 3 is 2.33 bits per heavy atom. The van der Waals surface area contributed by atoms with Crippen LogP contribution in [-0.4, -0.2) is 12.1 Å². The van der Waals surface area contributed by atoms with Crippen molar-refractivity contribution < 1.29 is 18.0 Å². The van der Waals surface area contributed by atoms with Crippen molar-refractivity contribution in [3.8, 4) is 0 Å². The smallest absolute Gasteiger partial charge is 0.349 e. The van der Waals surface area contributed by atoms with Crippen LogP contribution in [0.4, 0.5) is 13.2 Å². The minimum absolute atomic E-state index is 0.488. The molecule has 2 atom stereocenters. The third-order valence-corrected chi connectivity index (χ3v) is 3.34. The summed E-state index contributed by atoms with van der Waals surface area (Å²) in [5, 5.41) is 2.35. The molecule has 1 aromatic carbocycles. The monoisotopic (exact) mass is 323 g/mol. The molecule has 0 aliphatic carbocycles. The number of nitrogens with one attached hydrogen (secondary N) is 1. The lowest BCUT2D eigenvalue weighted by Crippen LogP contribution is -2.38. The zero-order valence-electron chi connectivity index (χ0n) is 9.88. The highest BCUT2D eigenvalue weighted by Crippen LogP contribution is 2.27. The first-order chi connectivity index (χ1) is 8.23. The number of hydrogen-bond donors (Lipinski definition) is 1. The van der Waals surface area contributed by atoms with Gasteiger partial charge in [0.1, 0.15) is 5.92 Å². The summed E-state index contributed by atoms with van der Waals surface area (Å²) in [7, 11) is 0. The molecule has 0 saturated carbocycles. The molecular formula is C12H13BrF3NO. The molecule has 100 valence electrons. The summed E-state index contributed by atoms with van der Waals surface area (Å²) in [4.78, 5) is 11.4. The molecule has 0 aliphatic heterocycles. The fraction of sp³-hybridized carbons (Fsp3) is 0.417. The zero-order chi connectivity index (χ0) is 13.9. The zero-order valence-corrected chi connectivity index (χ0v) is 11.5. The normalized spacial score (nSPS) is 15.0. The molecular weight excluding hydrogens is 311 g/mol. The number of amides is 1. The highest BCUT2D eigenvalue weighted by atomic mass is 79.9. The molecule has 1 amide bonds. The van der Waals surface area contributed by atoms with Gasteiger partial charge >= 0.3 is 6.18 Å². The number of carbonyl (C=O) groups excluding carboxylic acids is 1. The van der Waals surface area contributed by atoms with E-state index in [2.05, 4.69) is 21.2 Å². The Hall–Kier alpha value is -1.04. The van der Waals surface area contributed by atoms with Crippen LogP contribution in [0.2, 0.25) is 0 Å². The SMILES string of the molecule is CC(NC(=O)C(C)C(F)(F)F)c1ccccc1Br. The molecule has 6 heteroatoms. The maximum absolute atomic E-state index is 12.4. The number of hydrogen-bond acceptors (Lipinski definition) is 1. The first-order valence-electron chi connectivity index (χ1n) is 5.35. The minimum atomic E-state index is -4.52. The maximum atomic E-state index is 12.4. The Morgan fingerprint density at radius 1 is 1.28 bits per heavy atom. The lowest BCUT2D eigenvalue weighted by atomic mass is 10.1. The van der Waals surface area contributed by atoms with Crippen LogP contribution in [0.1, 0.15) is 25.5 Å². The number of rotatable bonds is 3. The minimum Gasteiger partial charge on any atom is -0.349 e. The standard InChI is InChI=1S/C12H13BrF3NO/c1-7(12(14,15)16)11(18)17-8(2)9-5-3-4-6-10(9)13/h3-8H,1-2H3,(H,17,18). The predicted molar refractivity (Wildman–Crippen MR) is 65.9 cm³/mol. The molecule has 1 rings (SSSR count). The molecule has 18 heavy (non-hydrogen) atoms. The van der Waals surface area contributed by atoms with Gasteiger partial charge < -0.3 is 5.32 Å². The fourth-order valence-electron chi connectivity index (χ4n) is 1.39. The number of carbonyl (C=O) groups is 1. The second-order valence-corrected chi connectivity index (χ2v) is 4.87. The lowest BCUT2D eigenvalue weighted by Gasteiger charge is -2.20. The summed E-state index contributed by atoms with van der Waals surface area (Å²) < 4.78 is 37.8. The molecule has 0 spiro atoms. The van der Waals surface area contributed by atoms with Gasteiger partial charge in [0.25, 0.3) is 0 Å². The van der Waals surface area contributed by atoms with Crippen LogP contribution in [-0.2, 0) is 4.79 Å². The van der Waals surface area contributed by atoms with E-state index in [1.54, 1.807) is 31.2 Å². The van der Waals surface area contributed by atoms with E-state index < -0.39 is 24.0 Å². The number of alkyl halides is 3. The molecule has 0 fully saturated rings. The molecule has 0 bridgehead atoms. The van der Waals surface area contributed by atoms with Gasteiger partial charge in [0.05, 0.1) is 6.04 Å². The van der Waals surface area contributed by atoms with Crippen molar-refractivity contribution in [1.29, 1.82) is 0 Å². The van der Waals surface area contributed by atoms with Crippen LogP contribution in [0.15, 0.2) is 28.7 Å². The molecule has 0 aliphatic rings. The molecule has 0 heterocycles. The van der Waals surface area contributed by atoms with Crippen LogP contribution in [0.3, 0.4) is 0 Å². The van der Waals surface area contributed by atoms with Gasteiger partial charge in [-0.1, -0.05) is 34.1 Å². The van der Waals surface area contributed by atoms with E-state index in [0.717, 1.165) is 17.0 Å². The summed E-state index contributed by atoms with van der Waals surface area (Å²) in [5.74, 6) is -3.03. The predicted octanol–water partition coefficient (Wildman–Crippen LogP) is 3.82. The van der Waals surface area contributed by atoms with Crippen LogP contribution in [0.25, 0.3) is 0 Å².